The van der Waals surface area contributed by atoms with E-state index in [1.165, 1.54) is 0 Å². The van der Waals surface area contributed by atoms with E-state index in [0.29, 0.717) is 12.0 Å². The van der Waals surface area contributed by atoms with Gasteiger partial charge in [-0.05, 0) is 25.0 Å². The van der Waals surface area contributed by atoms with E-state index in [-0.39, 0.29) is 0 Å². The minimum atomic E-state index is 0.382. The van der Waals surface area contributed by atoms with Gasteiger partial charge in [-0.1, -0.05) is 0 Å². The average Bonchev–Trinajstić information content (AvgIpc) is 2.93. The van der Waals surface area contributed by atoms with Crippen LogP contribution in [0.4, 0.5) is 5.69 Å². The van der Waals surface area contributed by atoms with E-state index < -0.39 is 0 Å². The molecular weight excluding hydrogens is 166 g/mol. The molecule has 0 radical (unpaired) electrons. The van der Waals surface area contributed by atoms with Crippen molar-refractivity contribution in [3.05, 3.63) is 18.3 Å². The van der Waals surface area contributed by atoms with Gasteiger partial charge in [0.1, 0.15) is 11.8 Å². The van der Waals surface area contributed by atoms with Crippen molar-refractivity contribution in [2.75, 3.05) is 12.5 Å². The fraction of sp³-hybridized carbons (Fsp3) is 0.444. The molecule has 1 fully saturated rings. The molecule has 0 spiro atoms. The fourth-order valence-corrected chi connectivity index (χ4v) is 1.06. The van der Waals surface area contributed by atoms with E-state index in [4.69, 9.17) is 4.74 Å². The molecule has 0 saturated heterocycles. The minimum Gasteiger partial charge on any atom is -0.473 e. The molecule has 0 unspecified atom stereocenters. The van der Waals surface area contributed by atoms with Crippen LogP contribution < -0.4 is 15.6 Å². The summed E-state index contributed by atoms with van der Waals surface area (Å²) in [5, 5.41) is 0. The van der Waals surface area contributed by atoms with Crippen LogP contribution in [-0.2, 0) is 0 Å². The van der Waals surface area contributed by atoms with Crippen molar-refractivity contribution in [3.63, 3.8) is 0 Å². The van der Waals surface area contributed by atoms with Crippen LogP contribution in [0.25, 0.3) is 0 Å². The van der Waals surface area contributed by atoms with Gasteiger partial charge in [-0.25, -0.2) is 10.4 Å². The Labute approximate surface area is 77.3 Å². The lowest BCUT2D eigenvalue weighted by molar-refractivity contribution is 0.292. The van der Waals surface area contributed by atoms with Crippen LogP contribution in [0, 0.1) is 0 Å². The molecule has 0 bridgehead atoms. The van der Waals surface area contributed by atoms with Gasteiger partial charge in [-0.3, -0.25) is 0 Å². The first-order chi connectivity index (χ1) is 6.40. The number of hydrazine groups is 1. The Kier molecular flexibility index (Phi) is 2.31. The summed E-state index contributed by atoms with van der Waals surface area (Å²) in [6.07, 6.45) is 4.41. The molecule has 70 valence electrons. The van der Waals surface area contributed by atoms with Crippen molar-refractivity contribution in [3.8, 4) is 5.88 Å². The van der Waals surface area contributed by atoms with Crippen molar-refractivity contribution in [2.45, 2.75) is 18.9 Å². The smallest absolute Gasteiger partial charge is 0.238 e. The Morgan fingerprint density at radius 1 is 1.54 bits per heavy atom. The monoisotopic (exact) mass is 179 g/mol. The molecule has 1 saturated carbocycles. The summed E-state index contributed by atoms with van der Waals surface area (Å²) in [7, 11) is 1.81. The van der Waals surface area contributed by atoms with E-state index in [0.717, 1.165) is 18.5 Å². The SMILES string of the molecule is CNNc1cccnc1OC1CC1. The lowest BCUT2D eigenvalue weighted by Gasteiger charge is -2.09. The number of hydrogen-bond acceptors (Lipinski definition) is 4. The molecule has 4 heteroatoms. The van der Waals surface area contributed by atoms with E-state index in [2.05, 4.69) is 15.8 Å². The molecule has 2 rings (SSSR count). The van der Waals surface area contributed by atoms with Crippen LogP contribution in [0.15, 0.2) is 18.3 Å². The second-order valence-corrected chi connectivity index (χ2v) is 3.05. The zero-order chi connectivity index (χ0) is 9.10. The Bertz CT molecular complexity index is 286. The fourth-order valence-electron chi connectivity index (χ4n) is 1.06. The first-order valence-corrected chi connectivity index (χ1v) is 4.44. The molecule has 1 aliphatic carbocycles. The van der Waals surface area contributed by atoms with Crippen molar-refractivity contribution in [1.29, 1.82) is 0 Å². The van der Waals surface area contributed by atoms with Crippen molar-refractivity contribution >= 4 is 5.69 Å². The first kappa shape index (κ1) is 8.31. The molecule has 13 heavy (non-hydrogen) atoms. The molecular formula is C9H13N3O. The minimum absolute atomic E-state index is 0.382. The van der Waals surface area contributed by atoms with Gasteiger partial charge in [-0.15, -0.1) is 0 Å². The Morgan fingerprint density at radius 3 is 3.08 bits per heavy atom. The van der Waals surface area contributed by atoms with E-state index in [9.17, 15) is 0 Å². The number of nitrogens with one attached hydrogen (secondary N) is 2. The van der Waals surface area contributed by atoms with Gasteiger partial charge in [0.25, 0.3) is 0 Å². The predicted octanol–water partition coefficient (Wildman–Crippen LogP) is 1.17. The zero-order valence-corrected chi connectivity index (χ0v) is 7.58. The highest BCUT2D eigenvalue weighted by Crippen LogP contribution is 2.29. The quantitative estimate of drug-likeness (QED) is 0.681. The maximum Gasteiger partial charge on any atom is 0.238 e. The number of anilines is 1. The van der Waals surface area contributed by atoms with Gasteiger partial charge in [-0.2, -0.15) is 0 Å². The molecule has 0 aliphatic heterocycles. The highest BCUT2D eigenvalue weighted by Gasteiger charge is 2.24. The first-order valence-electron chi connectivity index (χ1n) is 4.44. The molecule has 1 heterocycles. The van der Waals surface area contributed by atoms with E-state index in [1.807, 2.05) is 19.2 Å². The Morgan fingerprint density at radius 2 is 2.38 bits per heavy atom. The summed E-state index contributed by atoms with van der Waals surface area (Å²) in [5.74, 6) is 0.680. The van der Waals surface area contributed by atoms with Crippen LogP contribution >= 0.6 is 0 Å². The van der Waals surface area contributed by atoms with Crippen LogP contribution in [-0.4, -0.2) is 18.1 Å². The maximum atomic E-state index is 5.60. The van der Waals surface area contributed by atoms with Gasteiger partial charge in [0.15, 0.2) is 0 Å². The molecule has 0 amide bonds. The average molecular weight is 179 g/mol. The topological polar surface area (TPSA) is 46.2 Å². The zero-order valence-electron chi connectivity index (χ0n) is 7.58. The Balaban J connectivity index is 2.10. The van der Waals surface area contributed by atoms with Crippen LogP contribution in [0.2, 0.25) is 0 Å². The number of pyridine rings is 1. The standard InChI is InChI=1S/C9H13N3O/c1-10-12-8-3-2-6-11-9(8)13-7-4-5-7/h2-3,6-7,10,12H,4-5H2,1H3. The summed E-state index contributed by atoms with van der Waals surface area (Å²) >= 11 is 0. The second-order valence-electron chi connectivity index (χ2n) is 3.05. The van der Waals surface area contributed by atoms with Crippen LogP contribution in [0.3, 0.4) is 0 Å². The highest BCUT2D eigenvalue weighted by atomic mass is 16.5. The molecule has 1 aliphatic rings. The summed E-state index contributed by atoms with van der Waals surface area (Å²) in [6.45, 7) is 0. The van der Waals surface area contributed by atoms with Gasteiger partial charge < -0.3 is 10.2 Å². The highest BCUT2D eigenvalue weighted by molar-refractivity contribution is 5.51. The predicted molar refractivity (Wildman–Crippen MR) is 50.6 cm³/mol. The van der Waals surface area contributed by atoms with Crippen molar-refractivity contribution in [1.82, 2.24) is 10.4 Å². The number of rotatable bonds is 4. The number of aromatic nitrogens is 1. The third-order valence-corrected chi connectivity index (χ3v) is 1.83. The third kappa shape index (κ3) is 2.09. The van der Waals surface area contributed by atoms with Gasteiger partial charge in [0.2, 0.25) is 5.88 Å². The summed E-state index contributed by atoms with van der Waals surface area (Å²) < 4.78 is 5.60. The maximum absolute atomic E-state index is 5.60. The van der Waals surface area contributed by atoms with Gasteiger partial charge in [0, 0.05) is 13.2 Å². The number of ether oxygens (including phenoxy) is 1. The number of nitrogens with zero attached hydrogens (tertiary/aromatic N) is 1. The summed E-state index contributed by atoms with van der Waals surface area (Å²) in [5.41, 5.74) is 6.71. The second kappa shape index (κ2) is 3.62. The normalized spacial score (nSPS) is 15.5. The molecule has 0 aromatic carbocycles. The largest absolute Gasteiger partial charge is 0.473 e. The van der Waals surface area contributed by atoms with Crippen LogP contribution in [0.5, 0.6) is 5.88 Å². The van der Waals surface area contributed by atoms with Gasteiger partial charge in [0.05, 0.1) is 0 Å². The third-order valence-electron chi connectivity index (χ3n) is 1.83. The van der Waals surface area contributed by atoms with Gasteiger partial charge >= 0.3 is 0 Å². The van der Waals surface area contributed by atoms with E-state index >= 15 is 0 Å². The van der Waals surface area contributed by atoms with Crippen molar-refractivity contribution < 1.29 is 4.74 Å². The van der Waals surface area contributed by atoms with Crippen LogP contribution in [0.1, 0.15) is 12.8 Å². The molecule has 0 atom stereocenters. The van der Waals surface area contributed by atoms with Crippen molar-refractivity contribution in [2.24, 2.45) is 0 Å². The molecule has 4 nitrogen and oxygen atoms in total. The number of hydrogen-bond donors (Lipinski definition) is 2. The lowest BCUT2D eigenvalue weighted by Crippen LogP contribution is -2.16. The molecule has 1 aromatic rings. The molecule has 2 N–H and O–H groups in total. The molecule has 1 aromatic heterocycles. The Hall–Kier alpha value is -1.29. The summed E-state index contributed by atoms with van der Waals surface area (Å²) in [4.78, 5) is 4.15. The van der Waals surface area contributed by atoms with E-state index in [1.54, 1.807) is 6.20 Å². The lowest BCUT2D eigenvalue weighted by atomic mass is 10.4. The summed E-state index contributed by atoms with van der Waals surface area (Å²) in [6, 6.07) is 3.81.